The number of aromatic amines is 1. The van der Waals surface area contributed by atoms with Crippen molar-refractivity contribution in [1.29, 1.82) is 0 Å². The van der Waals surface area contributed by atoms with Crippen molar-refractivity contribution < 1.29 is 9.50 Å². The summed E-state index contributed by atoms with van der Waals surface area (Å²) in [5.74, 6) is 0. The largest absolute Gasteiger partial charge is 0.384 e. The van der Waals surface area contributed by atoms with Gasteiger partial charge in [0.05, 0.1) is 6.33 Å². The molecule has 1 atom stereocenters. The lowest BCUT2D eigenvalue weighted by molar-refractivity contribution is 0.212. The molecule has 21 heavy (non-hydrogen) atoms. The van der Waals surface area contributed by atoms with E-state index < -0.39 is 6.10 Å². The highest BCUT2D eigenvalue weighted by molar-refractivity contribution is 5.86. The molecule has 1 aliphatic heterocycles. The first-order chi connectivity index (χ1) is 9.74. The standard InChI is InChI=1S/C15H18FN3O.ClH/c16-6-10(7-17)15(20)9-1-2-13-11(5-9)12-8-18-4-3-14(12)19-13;/h1-2,5-6,15,18-20H,3-4,7-8,17H2;1H/b10-6+;. The van der Waals surface area contributed by atoms with Crippen LogP contribution in [0.5, 0.6) is 0 Å². The van der Waals surface area contributed by atoms with Gasteiger partial charge in [0.15, 0.2) is 0 Å². The first-order valence-corrected chi connectivity index (χ1v) is 6.76. The van der Waals surface area contributed by atoms with Crippen molar-refractivity contribution in [3.8, 4) is 0 Å². The highest BCUT2D eigenvalue weighted by atomic mass is 35.5. The average molecular weight is 312 g/mol. The molecule has 2 heterocycles. The third-order valence-electron chi connectivity index (χ3n) is 3.91. The van der Waals surface area contributed by atoms with Gasteiger partial charge in [-0.1, -0.05) is 6.07 Å². The molecule has 6 heteroatoms. The Morgan fingerprint density at radius 1 is 1.48 bits per heavy atom. The molecule has 5 N–H and O–H groups in total. The molecule has 0 saturated carbocycles. The van der Waals surface area contributed by atoms with Crippen LogP contribution in [0.4, 0.5) is 4.39 Å². The molecule has 0 spiro atoms. The summed E-state index contributed by atoms with van der Waals surface area (Å²) in [6, 6.07) is 5.65. The van der Waals surface area contributed by atoms with Crippen LogP contribution < -0.4 is 11.1 Å². The lowest BCUT2D eigenvalue weighted by Gasteiger charge is -2.14. The van der Waals surface area contributed by atoms with E-state index in [2.05, 4.69) is 10.3 Å². The van der Waals surface area contributed by atoms with E-state index in [1.165, 1.54) is 11.3 Å². The van der Waals surface area contributed by atoms with E-state index in [0.29, 0.717) is 11.9 Å². The molecule has 0 amide bonds. The van der Waals surface area contributed by atoms with E-state index in [1.807, 2.05) is 18.2 Å². The maximum Gasteiger partial charge on any atom is 0.104 e. The van der Waals surface area contributed by atoms with Crippen LogP contribution >= 0.6 is 12.4 Å². The van der Waals surface area contributed by atoms with Crippen molar-refractivity contribution in [2.75, 3.05) is 13.1 Å². The third-order valence-corrected chi connectivity index (χ3v) is 3.91. The van der Waals surface area contributed by atoms with Crippen LogP contribution in [0.1, 0.15) is 22.9 Å². The Labute approximate surface area is 128 Å². The van der Waals surface area contributed by atoms with Crippen molar-refractivity contribution in [2.45, 2.75) is 19.1 Å². The molecule has 3 rings (SSSR count). The van der Waals surface area contributed by atoms with Gasteiger partial charge in [0, 0.05) is 48.2 Å². The lowest BCUT2D eigenvalue weighted by Crippen LogP contribution is -2.22. The highest BCUT2D eigenvalue weighted by Gasteiger charge is 2.18. The van der Waals surface area contributed by atoms with E-state index >= 15 is 0 Å². The number of nitrogens with two attached hydrogens (primary N) is 1. The normalized spacial score (nSPS) is 16.4. The average Bonchev–Trinajstić information content (AvgIpc) is 2.86. The Balaban J connectivity index is 0.00000161. The second-order valence-electron chi connectivity index (χ2n) is 5.10. The van der Waals surface area contributed by atoms with Gasteiger partial charge in [-0.3, -0.25) is 0 Å². The molecular formula is C15H19ClFN3O. The number of hydrogen-bond acceptors (Lipinski definition) is 3. The fourth-order valence-corrected chi connectivity index (χ4v) is 2.76. The molecule has 114 valence electrons. The van der Waals surface area contributed by atoms with Gasteiger partial charge < -0.3 is 21.1 Å². The zero-order valence-corrected chi connectivity index (χ0v) is 12.3. The van der Waals surface area contributed by atoms with Gasteiger partial charge in [-0.2, -0.15) is 0 Å². The van der Waals surface area contributed by atoms with Crippen LogP contribution in [0.3, 0.4) is 0 Å². The van der Waals surface area contributed by atoms with E-state index in [4.69, 9.17) is 5.73 Å². The lowest BCUT2D eigenvalue weighted by atomic mass is 9.99. The second-order valence-corrected chi connectivity index (χ2v) is 5.10. The first-order valence-electron chi connectivity index (χ1n) is 6.76. The Morgan fingerprint density at radius 3 is 3.00 bits per heavy atom. The molecule has 0 bridgehead atoms. The fraction of sp³-hybridized carbons (Fsp3) is 0.333. The molecule has 0 fully saturated rings. The number of halogens is 2. The molecule has 2 aromatic rings. The van der Waals surface area contributed by atoms with E-state index in [0.717, 1.165) is 30.4 Å². The van der Waals surface area contributed by atoms with E-state index in [9.17, 15) is 9.50 Å². The Bertz CT molecular complexity index is 668. The van der Waals surface area contributed by atoms with Gasteiger partial charge in [-0.15, -0.1) is 12.4 Å². The van der Waals surface area contributed by atoms with Crippen molar-refractivity contribution in [1.82, 2.24) is 10.3 Å². The van der Waals surface area contributed by atoms with E-state index in [-0.39, 0.29) is 24.5 Å². The number of rotatable bonds is 3. The Morgan fingerprint density at radius 2 is 2.29 bits per heavy atom. The molecule has 1 aromatic carbocycles. The van der Waals surface area contributed by atoms with E-state index in [1.54, 1.807) is 0 Å². The second kappa shape index (κ2) is 6.58. The summed E-state index contributed by atoms with van der Waals surface area (Å²) < 4.78 is 12.7. The van der Waals surface area contributed by atoms with Crippen molar-refractivity contribution in [3.05, 3.63) is 46.9 Å². The minimum Gasteiger partial charge on any atom is -0.384 e. The molecule has 1 unspecified atom stereocenters. The number of aliphatic hydroxyl groups is 1. The van der Waals surface area contributed by atoms with Gasteiger partial charge >= 0.3 is 0 Å². The summed E-state index contributed by atoms with van der Waals surface area (Å²) in [6.07, 6.45) is 0.375. The summed E-state index contributed by atoms with van der Waals surface area (Å²) in [4.78, 5) is 3.40. The molecule has 0 radical (unpaired) electrons. The highest BCUT2D eigenvalue weighted by Crippen LogP contribution is 2.29. The van der Waals surface area contributed by atoms with Crippen LogP contribution in [0.15, 0.2) is 30.1 Å². The SMILES string of the molecule is Cl.NC/C(=C\F)C(O)c1ccc2[nH]c3c(c2c1)CNCC3. The topological polar surface area (TPSA) is 74.1 Å². The summed E-state index contributed by atoms with van der Waals surface area (Å²) >= 11 is 0. The number of fused-ring (bicyclic) bond motifs is 3. The number of H-pyrrole nitrogens is 1. The monoisotopic (exact) mass is 311 g/mol. The number of aromatic nitrogens is 1. The molecule has 1 aliphatic rings. The maximum atomic E-state index is 12.7. The predicted molar refractivity (Wildman–Crippen MR) is 84.2 cm³/mol. The first kappa shape index (κ1) is 16.0. The molecular weight excluding hydrogens is 293 g/mol. The Kier molecular flexibility index (Phi) is 5.00. The fourth-order valence-electron chi connectivity index (χ4n) is 2.76. The maximum absolute atomic E-state index is 12.7. The zero-order chi connectivity index (χ0) is 14.1. The van der Waals surface area contributed by atoms with Crippen LogP contribution in [-0.2, 0) is 13.0 Å². The van der Waals surface area contributed by atoms with Gasteiger partial charge in [0.25, 0.3) is 0 Å². The summed E-state index contributed by atoms with van der Waals surface area (Å²) in [6.45, 7) is 1.79. The van der Waals surface area contributed by atoms with Crippen molar-refractivity contribution >= 4 is 23.3 Å². The predicted octanol–water partition coefficient (Wildman–Crippen LogP) is 2.08. The van der Waals surface area contributed by atoms with Crippen LogP contribution in [0.25, 0.3) is 10.9 Å². The number of nitrogens with one attached hydrogen (secondary N) is 2. The van der Waals surface area contributed by atoms with Gasteiger partial charge in [-0.05, 0) is 23.3 Å². The zero-order valence-electron chi connectivity index (χ0n) is 11.5. The molecule has 1 aromatic heterocycles. The van der Waals surface area contributed by atoms with Crippen LogP contribution in [-0.4, -0.2) is 23.2 Å². The van der Waals surface area contributed by atoms with Gasteiger partial charge in [-0.25, -0.2) is 4.39 Å². The molecule has 0 aliphatic carbocycles. The summed E-state index contributed by atoms with van der Waals surface area (Å²) in [7, 11) is 0. The Hall–Kier alpha value is -1.40. The quantitative estimate of drug-likeness (QED) is 0.701. The number of hydrogen-bond donors (Lipinski definition) is 4. The third kappa shape index (κ3) is 2.82. The van der Waals surface area contributed by atoms with Crippen LogP contribution in [0.2, 0.25) is 0 Å². The molecule has 0 saturated heterocycles. The van der Waals surface area contributed by atoms with Crippen molar-refractivity contribution in [2.24, 2.45) is 5.73 Å². The summed E-state index contributed by atoms with van der Waals surface area (Å²) in [5.41, 5.74) is 9.82. The summed E-state index contributed by atoms with van der Waals surface area (Å²) in [5, 5.41) is 14.6. The minimum atomic E-state index is -0.989. The smallest absolute Gasteiger partial charge is 0.104 e. The minimum absolute atomic E-state index is 0. The van der Waals surface area contributed by atoms with Crippen molar-refractivity contribution in [3.63, 3.8) is 0 Å². The van der Waals surface area contributed by atoms with Crippen LogP contribution in [0, 0.1) is 0 Å². The molecule has 4 nitrogen and oxygen atoms in total. The van der Waals surface area contributed by atoms with Gasteiger partial charge in [0.2, 0.25) is 0 Å². The van der Waals surface area contributed by atoms with Gasteiger partial charge in [0.1, 0.15) is 6.10 Å². The number of benzene rings is 1. The number of aliphatic hydroxyl groups excluding tert-OH is 1.